The van der Waals surface area contributed by atoms with Gasteiger partial charge in [-0.1, -0.05) is 13.0 Å². The summed E-state index contributed by atoms with van der Waals surface area (Å²) in [6.07, 6.45) is 0.569. The van der Waals surface area contributed by atoms with Gasteiger partial charge in [-0.05, 0) is 24.6 Å². The van der Waals surface area contributed by atoms with Crippen LogP contribution in [0.2, 0.25) is 0 Å². The van der Waals surface area contributed by atoms with Crippen LogP contribution in [-0.2, 0) is 19.6 Å². The number of piperazine rings is 1. The topological polar surface area (TPSA) is 124 Å². The maximum absolute atomic E-state index is 12.7. The molecule has 1 saturated heterocycles. The number of hydrogen-bond donors (Lipinski definition) is 2. The minimum Gasteiger partial charge on any atom is -0.480 e. The smallest absolute Gasteiger partial charge is 0.323 e. The van der Waals surface area contributed by atoms with Gasteiger partial charge in [0, 0.05) is 25.2 Å². The third kappa shape index (κ3) is 4.58. The van der Waals surface area contributed by atoms with Crippen molar-refractivity contribution in [2.24, 2.45) is 0 Å². The molecule has 1 aliphatic heterocycles. The lowest BCUT2D eigenvalue weighted by Crippen LogP contribution is -2.49. The molecule has 0 bridgehead atoms. The largest absolute Gasteiger partial charge is 0.480 e. The van der Waals surface area contributed by atoms with Gasteiger partial charge in [-0.2, -0.15) is 4.31 Å². The van der Waals surface area contributed by atoms with Crippen molar-refractivity contribution in [1.29, 1.82) is 0 Å². The number of nitrogens with one attached hydrogen (secondary N) is 1. The zero-order valence-corrected chi connectivity index (χ0v) is 15.2. The van der Waals surface area contributed by atoms with Crippen molar-refractivity contribution in [2.45, 2.75) is 18.2 Å². The van der Waals surface area contributed by atoms with E-state index < -0.39 is 28.4 Å². The molecule has 0 spiro atoms. The second-order valence-electron chi connectivity index (χ2n) is 5.84. The number of aliphatic carboxylic acids is 1. The fourth-order valence-corrected chi connectivity index (χ4v) is 4.07. The first-order valence-corrected chi connectivity index (χ1v) is 9.57. The van der Waals surface area contributed by atoms with Crippen molar-refractivity contribution in [2.75, 3.05) is 32.7 Å². The minimum atomic E-state index is -3.93. The molecule has 1 fully saturated rings. The van der Waals surface area contributed by atoms with Crippen LogP contribution >= 0.6 is 0 Å². The molecule has 1 heterocycles. The standard InChI is InChI=1S/C16H21N3O6S/c1-2-7-18(11-15(21)22)16(23)12-4-3-5-13(9-12)26(24,25)19-8-6-17-14(20)10-19/h3-5,9H,2,6-8,10-11H2,1H3,(H,17,20)(H,21,22). The van der Waals surface area contributed by atoms with E-state index in [1.807, 2.05) is 6.92 Å². The number of sulfonamides is 1. The average Bonchev–Trinajstić information content (AvgIpc) is 2.60. The van der Waals surface area contributed by atoms with Gasteiger partial charge in [-0.15, -0.1) is 0 Å². The van der Waals surface area contributed by atoms with E-state index in [4.69, 9.17) is 5.11 Å². The quantitative estimate of drug-likeness (QED) is 0.669. The van der Waals surface area contributed by atoms with Crippen molar-refractivity contribution in [1.82, 2.24) is 14.5 Å². The number of benzene rings is 1. The molecule has 0 saturated carbocycles. The molecule has 10 heteroatoms. The molecule has 2 rings (SSSR count). The molecule has 1 aromatic rings. The Bertz CT molecular complexity index is 808. The van der Waals surface area contributed by atoms with Crippen molar-refractivity contribution < 1.29 is 27.9 Å². The van der Waals surface area contributed by atoms with E-state index in [2.05, 4.69) is 5.32 Å². The monoisotopic (exact) mass is 383 g/mol. The number of rotatable bonds is 7. The second kappa shape index (κ2) is 8.28. The number of nitrogens with zero attached hydrogens (tertiary/aromatic N) is 2. The van der Waals surface area contributed by atoms with E-state index in [9.17, 15) is 22.8 Å². The Balaban J connectivity index is 2.29. The third-order valence-electron chi connectivity index (χ3n) is 3.83. The molecule has 26 heavy (non-hydrogen) atoms. The highest BCUT2D eigenvalue weighted by Gasteiger charge is 2.30. The van der Waals surface area contributed by atoms with Gasteiger partial charge in [0.15, 0.2) is 0 Å². The first-order chi connectivity index (χ1) is 12.3. The maximum atomic E-state index is 12.7. The van der Waals surface area contributed by atoms with Gasteiger partial charge in [0.25, 0.3) is 5.91 Å². The van der Waals surface area contributed by atoms with Crippen LogP contribution in [-0.4, -0.2) is 73.2 Å². The number of hydrogen-bond acceptors (Lipinski definition) is 5. The van der Waals surface area contributed by atoms with E-state index in [1.165, 1.54) is 24.3 Å². The molecule has 0 radical (unpaired) electrons. The first-order valence-electron chi connectivity index (χ1n) is 8.13. The number of carbonyl (C=O) groups is 3. The molecule has 0 aromatic heterocycles. The van der Waals surface area contributed by atoms with E-state index >= 15 is 0 Å². The maximum Gasteiger partial charge on any atom is 0.323 e. The van der Waals surface area contributed by atoms with Crippen LogP contribution in [0.25, 0.3) is 0 Å². The summed E-state index contributed by atoms with van der Waals surface area (Å²) in [5, 5.41) is 11.5. The zero-order chi connectivity index (χ0) is 19.3. The Hall–Kier alpha value is -2.46. The highest BCUT2D eigenvalue weighted by Crippen LogP contribution is 2.19. The van der Waals surface area contributed by atoms with Crippen molar-refractivity contribution in [3.05, 3.63) is 29.8 Å². The van der Waals surface area contributed by atoms with Crippen LogP contribution < -0.4 is 5.32 Å². The van der Waals surface area contributed by atoms with E-state index in [-0.39, 0.29) is 42.5 Å². The van der Waals surface area contributed by atoms with Crippen LogP contribution in [0, 0.1) is 0 Å². The molecule has 0 atom stereocenters. The Labute approximate surface area is 151 Å². The Morgan fingerprint density at radius 2 is 2.08 bits per heavy atom. The SMILES string of the molecule is CCCN(CC(=O)O)C(=O)c1cccc(S(=O)(=O)N2CCNC(=O)C2)c1. The van der Waals surface area contributed by atoms with Crippen LogP contribution in [0.1, 0.15) is 23.7 Å². The van der Waals surface area contributed by atoms with Crippen LogP contribution in [0.15, 0.2) is 29.2 Å². The summed E-state index contributed by atoms with van der Waals surface area (Å²) < 4.78 is 26.5. The van der Waals surface area contributed by atoms with Crippen LogP contribution in [0.3, 0.4) is 0 Å². The third-order valence-corrected chi connectivity index (χ3v) is 5.67. The normalized spacial score (nSPS) is 15.3. The fraction of sp³-hybridized carbons (Fsp3) is 0.438. The minimum absolute atomic E-state index is 0.0854. The Morgan fingerprint density at radius 3 is 2.69 bits per heavy atom. The molecule has 142 valence electrons. The van der Waals surface area contributed by atoms with Crippen molar-refractivity contribution in [3.8, 4) is 0 Å². The first kappa shape index (κ1) is 19.9. The highest BCUT2D eigenvalue weighted by molar-refractivity contribution is 7.89. The summed E-state index contributed by atoms with van der Waals surface area (Å²) in [7, 11) is -3.93. The summed E-state index contributed by atoms with van der Waals surface area (Å²) in [6.45, 7) is 1.68. The van der Waals surface area contributed by atoms with Gasteiger partial charge < -0.3 is 15.3 Å². The molecule has 1 aromatic carbocycles. The molecule has 0 unspecified atom stereocenters. The van der Waals surface area contributed by atoms with E-state index in [1.54, 1.807) is 0 Å². The molecular weight excluding hydrogens is 362 g/mol. The Kier molecular flexibility index (Phi) is 6.32. The van der Waals surface area contributed by atoms with Gasteiger partial charge in [0.05, 0.1) is 11.4 Å². The molecule has 9 nitrogen and oxygen atoms in total. The van der Waals surface area contributed by atoms with Crippen LogP contribution in [0.4, 0.5) is 0 Å². The molecule has 2 amide bonds. The van der Waals surface area contributed by atoms with Gasteiger partial charge >= 0.3 is 5.97 Å². The van der Waals surface area contributed by atoms with Crippen molar-refractivity contribution in [3.63, 3.8) is 0 Å². The fourth-order valence-electron chi connectivity index (χ4n) is 2.63. The Morgan fingerprint density at radius 1 is 1.35 bits per heavy atom. The summed E-state index contributed by atoms with van der Waals surface area (Å²) >= 11 is 0. The second-order valence-corrected chi connectivity index (χ2v) is 7.77. The van der Waals surface area contributed by atoms with Gasteiger partial charge in [0.2, 0.25) is 15.9 Å². The van der Waals surface area contributed by atoms with Crippen molar-refractivity contribution >= 4 is 27.8 Å². The molecular formula is C16H21N3O6S. The predicted octanol–water partition coefficient (Wildman–Crippen LogP) is -0.256. The lowest BCUT2D eigenvalue weighted by atomic mass is 10.2. The number of carbonyl (C=O) groups excluding carboxylic acids is 2. The van der Waals surface area contributed by atoms with Crippen LogP contribution in [0.5, 0.6) is 0 Å². The number of carboxylic acid groups (broad SMARTS) is 1. The molecule has 0 aliphatic carbocycles. The average molecular weight is 383 g/mol. The summed E-state index contributed by atoms with van der Waals surface area (Å²) in [5.74, 6) is -2.08. The predicted molar refractivity (Wildman–Crippen MR) is 92.0 cm³/mol. The van der Waals surface area contributed by atoms with E-state index in [0.717, 1.165) is 9.21 Å². The zero-order valence-electron chi connectivity index (χ0n) is 14.3. The lowest BCUT2D eigenvalue weighted by Gasteiger charge is -2.26. The summed E-state index contributed by atoms with van der Waals surface area (Å²) in [6, 6.07) is 5.43. The highest BCUT2D eigenvalue weighted by atomic mass is 32.2. The molecule has 2 N–H and O–H groups in total. The summed E-state index contributed by atoms with van der Waals surface area (Å²) in [5.41, 5.74) is 0.0854. The van der Waals surface area contributed by atoms with Gasteiger partial charge in [-0.25, -0.2) is 8.42 Å². The van der Waals surface area contributed by atoms with Gasteiger partial charge in [0.1, 0.15) is 6.54 Å². The molecule has 1 aliphatic rings. The van der Waals surface area contributed by atoms with E-state index in [0.29, 0.717) is 6.42 Å². The number of amides is 2. The number of carboxylic acids is 1. The lowest BCUT2D eigenvalue weighted by molar-refractivity contribution is -0.137. The van der Waals surface area contributed by atoms with Gasteiger partial charge in [-0.3, -0.25) is 14.4 Å². The summed E-state index contributed by atoms with van der Waals surface area (Å²) in [4.78, 5) is 36.0.